The van der Waals surface area contributed by atoms with Crippen molar-refractivity contribution in [3.8, 4) is 0 Å². The number of rotatable bonds is 4. The summed E-state index contributed by atoms with van der Waals surface area (Å²) < 4.78 is 0.931. The minimum atomic E-state index is -0.525. The summed E-state index contributed by atoms with van der Waals surface area (Å²) in [6, 6.07) is 7.12. The van der Waals surface area contributed by atoms with E-state index in [1.165, 1.54) is 4.90 Å². The Balaban J connectivity index is 1.45. The van der Waals surface area contributed by atoms with Crippen molar-refractivity contribution in [3.63, 3.8) is 0 Å². The molecular weight excluding hydrogens is 432 g/mol. The van der Waals surface area contributed by atoms with Crippen LogP contribution in [0.4, 0.5) is 0 Å². The number of hydrogen-bond donors (Lipinski definition) is 0. The maximum atomic E-state index is 13.4. The van der Waals surface area contributed by atoms with Crippen LogP contribution in [0.25, 0.3) is 0 Å². The lowest BCUT2D eigenvalue weighted by Gasteiger charge is -2.32. The molecule has 0 aromatic heterocycles. The molecular formula is C23H25BrN2O3. The molecule has 3 amide bonds. The van der Waals surface area contributed by atoms with Crippen molar-refractivity contribution in [2.45, 2.75) is 38.1 Å². The van der Waals surface area contributed by atoms with Gasteiger partial charge >= 0.3 is 0 Å². The van der Waals surface area contributed by atoms with Gasteiger partial charge in [0.15, 0.2) is 0 Å². The quantitative estimate of drug-likeness (QED) is 0.512. The molecule has 3 fully saturated rings. The largest absolute Gasteiger partial charge is 0.343 e. The van der Waals surface area contributed by atoms with Crippen LogP contribution in [-0.4, -0.2) is 40.6 Å². The third-order valence-electron chi connectivity index (χ3n) is 7.15. The Hall–Kier alpha value is -1.95. The Bertz CT molecular complexity index is 845. The minimum absolute atomic E-state index is 0.0383. The van der Waals surface area contributed by atoms with Gasteiger partial charge in [0.2, 0.25) is 17.7 Å². The van der Waals surface area contributed by atoms with Crippen molar-refractivity contribution >= 4 is 33.7 Å². The molecule has 1 aromatic carbocycles. The molecule has 0 N–H and O–H groups in total. The van der Waals surface area contributed by atoms with Gasteiger partial charge in [-0.15, -0.1) is 0 Å². The molecule has 6 heteroatoms. The third kappa shape index (κ3) is 3.16. The van der Waals surface area contributed by atoms with Crippen LogP contribution in [0.15, 0.2) is 40.9 Å². The second-order valence-corrected chi connectivity index (χ2v) is 9.67. The molecule has 2 saturated heterocycles. The average molecular weight is 457 g/mol. The fourth-order valence-corrected chi connectivity index (χ4v) is 5.98. The Morgan fingerprint density at radius 1 is 0.966 bits per heavy atom. The van der Waals surface area contributed by atoms with Gasteiger partial charge in [-0.05, 0) is 55.2 Å². The van der Waals surface area contributed by atoms with E-state index >= 15 is 0 Å². The molecule has 1 aromatic rings. The standard InChI is InChI=1S/C23H25BrN2O3/c24-17-8-6-14(7-9-17)18(13-19(27)25-10-2-1-3-11-25)26-22(28)20-15-4-5-16(12-15)21(20)23(26)29/h4-9,15-16,18,20-21H,1-3,10-13H2. The Kier molecular flexibility index (Phi) is 4.85. The molecule has 0 radical (unpaired) electrons. The zero-order valence-electron chi connectivity index (χ0n) is 16.3. The summed E-state index contributed by atoms with van der Waals surface area (Å²) in [7, 11) is 0. The lowest BCUT2D eigenvalue weighted by molar-refractivity contribution is -0.145. The van der Waals surface area contributed by atoms with Crippen LogP contribution >= 0.6 is 15.9 Å². The van der Waals surface area contributed by atoms with E-state index < -0.39 is 6.04 Å². The first-order valence-corrected chi connectivity index (χ1v) is 11.4. The third-order valence-corrected chi connectivity index (χ3v) is 7.68. The van der Waals surface area contributed by atoms with Gasteiger partial charge in [0.05, 0.1) is 24.3 Å². The highest BCUT2D eigenvalue weighted by molar-refractivity contribution is 9.10. The molecule has 4 aliphatic rings. The first-order valence-electron chi connectivity index (χ1n) is 10.6. The SMILES string of the molecule is O=C(CC(c1ccc(Br)cc1)N1C(=O)C2C3C=CC(C3)C2C1=O)N1CCCCC1. The monoisotopic (exact) mass is 456 g/mol. The summed E-state index contributed by atoms with van der Waals surface area (Å²) in [5.74, 6) is -0.255. The van der Waals surface area contributed by atoms with E-state index in [-0.39, 0.29) is 47.8 Å². The second-order valence-electron chi connectivity index (χ2n) is 8.76. The molecule has 152 valence electrons. The molecule has 2 aliphatic heterocycles. The van der Waals surface area contributed by atoms with E-state index in [2.05, 4.69) is 28.1 Å². The molecule has 2 aliphatic carbocycles. The highest BCUT2D eigenvalue weighted by Crippen LogP contribution is 2.54. The molecule has 5 nitrogen and oxygen atoms in total. The predicted octanol–water partition coefficient (Wildman–Crippen LogP) is 3.70. The number of imide groups is 1. The molecule has 1 saturated carbocycles. The number of likely N-dealkylation sites (tertiary alicyclic amines) is 2. The molecule has 5 rings (SSSR count). The van der Waals surface area contributed by atoms with Crippen molar-refractivity contribution in [3.05, 3.63) is 46.5 Å². The van der Waals surface area contributed by atoms with Crippen LogP contribution in [0.1, 0.15) is 43.7 Å². The summed E-state index contributed by atoms with van der Waals surface area (Å²) >= 11 is 3.45. The van der Waals surface area contributed by atoms with Crippen LogP contribution in [0.5, 0.6) is 0 Å². The van der Waals surface area contributed by atoms with E-state index in [9.17, 15) is 14.4 Å². The fourth-order valence-electron chi connectivity index (χ4n) is 5.71. The number of halogens is 1. The van der Waals surface area contributed by atoms with E-state index in [0.29, 0.717) is 0 Å². The van der Waals surface area contributed by atoms with Crippen LogP contribution in [0.2, 0.25) is 0 Å². The van der Waals surface area contributed by atoms with Crippen molar-refractivity contribution in [1.82, 2.24) is 9.80 Å². The van der Waals surface area contributed by atoms with Gasteiger partial charge in [0.25, 0.3) is 0 Å². The summed E-state index contributed by atoms with van der Waals surface area (Å²) in [5, 5.41) is 0. The topological polar surface area (TPSA) is 57.7 Å². The first kappa shape index (κ1) is 19.0. The number of carbonyl (C=O) groups is 3. The zero-order valence-corrected chi connectivity index (χ0v) is 17.9. The zero-order chi connectivity index (χ0) is 20.1. The van der Waals surface area contributed by atoms with Crippen molar-refractivity contribution < 1.29 is 14.4 Å². The summed E-state index contributed by atoms with van der Waals surface area (Å²) in [6.07, 6.45) is 8.49. The van der Waals surface area contributed by atoms with Gasteiger partial charge < -0.3 is 4.90 Å². The van der Waals surface area contributed by atoms with E-state index in [4.69, 9.17) is 0 Å². The van der Waals surface area contributed by atoms with Crippen LogP contribution in [0.3, 0.4) is 0 Å². The van der Waals surface area contributed by atoms with Gasteiger partial charge in [-0.2, -0.15) is 0 Å². The number of allylic oxidation sites excluding steroid dienone is 2. The van der Waals surface area contributed by atoms with E-state index in [1.807, 2.05) is 29.2 Å². The molecule has 29 heavy (non-hydrogen) atoms. The van der Waals surface area contributed by atoms with Gasteiger partial charge in [-0.1, -0.05) is 40.2 Å². The van der Waals surface area contributed by atoms with Crippen molar-refractivity contribution in [2.75, 3.05) is 13.1 Å². The maximum absolute atomic E-state index is 13.4. The molecule has 0 spiro atoms. The maximum Gasteiger partial charge on any atom is 0.234 e. The second kappa shape index (κ2) is 7.38. The van der Waals surface area contributed by atoms with E-state index in [1.54, 1.807) is 0 Å². The summed E-state index contributed by atoms with van der Waals surface area (Å²) in [6.45, 7) is 1.54. The van der Waals surface area contributed by atoms with Crippen LogP contribution in [0, 0.1) is 23.7 Å². The lowest BCUT2D eigenvalue weighted by atomic mass is 9.85. The van der Waals surface area contributed by atoms with Crippen molar-refractivity contribution in [1.29, 1.82) is 0 Å². The number of nitrogens with zero attached hydrogens (tertiary/aromatic N) is 2. The minimum Gasteiger partial charge on any atom is -0.343 e. The summed E-state index contributed by atoms with van der Waals surface area (Å²) in [4.78, 5) is 43.1. The smallest absolute Gasteiger partial charge is 0.234 e. The Morgan fingerprint density at radius 3 is 2.14 bits per heavy atom. The van der Waals surface area contributed by atoms with Gasteiger partial charge in [0, 0.05) is 17.6 Å². The number of amides is 3. The average Bonchev–Trinajstić information content (AvgIpc) is 3.42. The van der Waals surface area contributed by atoms with Gasteiger partial charge in [-0.3, -0.25) is 19.3 Å². The Morgan fingerprint density at radius 2 is 1.55 bits per heavy atom. The number of benzene rings is 1. The van der Waals surface area contributed by atoms with Crippen LogP contribution < -0.4 is 0 Å². The fraction of sp³-hybridized carbons (Fsp3) is 0.522. The molecule has 2 bridgehead atoms. The highest BCUT2D eigenvalue weighted by atomic mass is 79.9. The van der Waals surface area contributed by atoms with Crippen LogP contribution in [-0.2, 0) is 14.4 Å². The summed E-state index contributed by atoms with van der Waals surface area (Å²) in [5.41, 5.74) is 0.848. The highest BCUT2D eigenvalue weighted by Gasteiger charge is 2.60. The lowest BCUT2D eigenvalue weighted by Crippen LogP contribution is -2.41. The molecule has 5 atom stereocenters. The van der Waals surface area contributed by atoms with Gasteiger partial charge in [0.1, 0.15) is 0 Å². The first-order chi connectivity index (χ1) is 14.0. The number of fused-ring (bicyclic) bond motifs is 5. The van der Waals surface area contributed by atoms with Gasteiger partial charge in [-0.25, -0.2) is 0 Å². The Labute approximate surface area is 179 Å². The number of hydrogen-bond acceptors (Lipinski definition) is 3. The predicted molar refractivity (Wildman–Crippen MR) is 112 cm³/mol. The molecule has 5 unspecified atom stereocenters. The molecule has 2 heterocycles. The number of carbonyl (C=O) groups excluding carboxylic acids is 3. The normalized spacial score (nSPS) is 31.5. The van der Waals surface area contributed by atoms with Crippen molar-refractivity contribution in [2.24, 2.45) is 23.7 Å². The van der Waals surface area contributed by atoms with E-state index in [0.717, 1.165) is 48.8 Å². The number of piperidine rings is 1.